The van der Waals surface area contributed by atoms with Gasteiger partial charge in [-0.1, -0.05) is 0 Å². The zero-order valence-corrected chi connectivity index (χ0v) is 27.2. The first kappa shape index (κ1) is 29.8. The van der Waals surface area contributed by atoms with Crippen LogP contribution in [0.15, 0.2) is 171 Å². The van der Waals surface area contributed by atoms with E-state index in [1.165, 1.54) is 0 Å². The van der Waals surface area contributed by atoms with Gasteiger partial charge in [-0.3, -0.25) is 39.9 Å². The van der Waals surface area contributed by atoms with E-state index in [2.05, 4.69) is 68.5 Å². The highest BCUT2D eigenvalue weighted by atomic mass is 28.3. The summed E-state index contributed by atoms with van der Waals surface area (Å²) in [6, 6.07) is 33.3. The molecule has 0 aliphatic carbocycles. The molecule has 0 amide bonds. The molecule has 0 N–H and O–H groups in total. The van der Waals surface area contributed by atoms with Crippen molar-refractivity contribution in [1.82, 2.24) is 39.9 Å². The van der Waals surface area contributed by atoms with E-state index in [-0.39, 0.29) is 0 Å². The Morgan fingerprint density at radius 1 is 0.306 bits per heavy atom. The summed E-state index contributed by atoms with van der Waals surface area (Å²) in [6.45, 7) is 0. The molecule has 0 atom stereocenters. The van der Waals surface area contributed by atoms with Crippen molar-refractivity contribution in [3.8, 4) is 45.0 Å². The Morgan fingerprint density at radius 2 is 0.571 bits per heavy atom. The summed E-state index contributed by atoms with van der Waals surface area (Å²) in [4.78, 5) is 36.8. The summed E-state index contributed by atoms with van der Waals surface area (Å²) < 4.78 is 0. The Hall–Kier alpha value is -6.58. The first-order valence-corrected chi connectivity index (χ1v) is 17.8. The van der Waals surface area contributed by atoms with Gasteiger partial charge in [-0.15, -0.1) is 0 Å². The highest BCUT2D eigenvalue weighted by Gasteiger charge is 2.43. The van der Waals surface area contributed by atoms with Gasteiger partial charge in [0.2, 0.25) is 0 Å². The maximum Gasteiger partial charge on any atom is 0.180 e. The van der Waals surface area contributed by atoms with Gasteiger partial charge in [0, 0.05) is 96.6 Å². The standard InChI is InChI=1S/C40H28N8Si/c1-5-29(25-41-13-1)37-21-33(9-17-45-37)49(34-10-18-46-38(22-34)30-6-2-14-42-26-30,35-11-19-47-39(23-35)31-7-3-15-43-27-31)36-12-20-48-40(24-36)32-8-4-16-44-28-32/h1-28H. The minimum atomic E-state index is -3.20. The molecule has 49 heavy (non-hydrogen) atoms. The number of nitrogens with zero attached hydrogens (tertiary/aromatic N) is 8. The lowest BCUT2D eigenvalue weighted by molar-refractivity contribution is 1.27. The van der Waals surface area contributed by atoms with E-state index in [0.717, 1.165) is 65.8 Å². The molecule has 232 valence electrons. The van der Waals surface area contributed by atoms with E-state index in [9.17, 15) is 0 Å². The maximum atomic E-state index is 4.82. The van der Waals surface area contributed by atoms with Crippen LogP contribution >= 0.6 is 0 Å². The quantitative estimate of drug-likeness (QED) is 0.215. The SMILES string of the molecule is c1cncc(-c2cc([Si](c3ccnc(-c4cccnc4)c3)(c3ccnc(-c4cccnc4)c3)c3ccnc(-c4cccnc4)c3)ccn2)c1. The van der Waals surface area contributed by atoms with Crippen LogP contribution < -0.4 is 20.7 Å². The van der Waals surface area contributed by atoms with Crippen LogP contribution in [0.25, 0.3) is 45.0 Å². The summed E-state index contributed by atoms with van der Waals surface area (Å²) in [5, 5.41) is 4.54. The largest absolute Gasteiger partial charge is 0.264 e. The van der Waals surface area contributed by atoms with Gasteiger partial charge in [0.15, 0.2) is 8.07 Å². The average Bonchev–Trinajstić information content (AvgIpc) is 3.20. The normalized spacial score (nSPS) is 11.3. The fourth-order valence-corrected chi connectivity index (χ4v) is 11.1. The summed E-state index contributed by atoms with van der Waals surface area (Å²) >= 11 is 0. The smallest absolute Gasteiger partial charge is 0.180 e. The van der Waals surface area contributed by atoms with E-state index >= 15 is 0 Å². The van der Waals surface area contributed by atoms with Crippen LogP contribution in [-0.4, -0.2) is 47.9 Å². The lowest BCUT2D eigenvalue weighted by Crippen LogP contribution is -2.75. The van der Waals surface area contributed by atoms with E-state index in [0.29, 0.717) is 0 Å². The molecule has 8 aromatic heterocycles. The van der Waals surface area contributed by atoms with E-state index in [1.54, 1.807) is 24.8 Å². The van der Waals surface area contributed by atoms with E-state index in [1.807, 2.05) is 98.1 Å². The number of pyridine rings is 8. The van der Waals surface area contributed by atoms with Crippen LogP contribution in [0, 0.1) is 0 Å². The minimum absolute atomic E-state index is 0.840. The third-order valence-corrected chi connectivity index (χ3v) is 13.3. The molecule has 8 nitrogen and oxygen atoms in total. The lowest BCUT2D eigenvalue weighted by Gasteiger charge is -2.35. The number of rotatable bonds is 8. The molecule has 9 heteroatoms. The van der Waals surface area contributed by atoms with Crippen molar-refractivity contribution in [3.63, 3.8) is 0 Å². The summed E-state index contributed by atoms with van der Waals surface area (Å²) in [6.07, 6.45) is 22.1. The molecule has 0 radical (unpaired) electrons. The van der Waals surface area contributed by atoms with Gasteiger partial charge in [-0.2, -0.15) is 0 Å². The number of hydrogen-bond acceptors (Lipinski definition) is 8. The third-order valence-electron chi connectivity index (χ3n) is 8.60. The van der Waals surface area contributed by atoms with Gasteiger partial charge in [-0.05, 0) is 118 Å². The van der Waals surface area contributed by atoms with E-state index in [4.69, 9.17) is 19.9 Å². The van der Waals surface area contributed by atoms with Crippen molar-refractivity contribution >= 4 is 28.8 Å². The fourth-order valence-electron chi connectivity index (χ4n) is 6.34. The van der Waals surface area contributed by atoms with Crippen molar-refractivity contribution in [2.24, 2.45) is 0 Å². The molecule has 0 bridgehead atoms. The second-order valence-electron chi connectivity index (χ2n) is 11.4. The number of aromatic nitrogens is 8. The Morgan fingerprint density at radius 3 is 0.796 bits per heavy atom. The van der Waals surface area contributed by atoms with Gasteiger partial charge < -0.3 is 0 Å². The molecule has 8 aromatic rings. The van der Waals surface area contributed by atoms with Gasteiger partial charge in [-0.25, -0.2) is 0 Å². The van der Waals surface area contributed by atoms with Crippen molar-refractivity contribution in [3.05, 3.63) is 171 Å². The van der Waals surface area contributed by atoms with Crippen molar-refractivity contribution < 1.29 is 0 Å². The molecule has 8 rings (SSSR count). The molecule has 0 saturated carbocycles. The predicted octanol–water partition coefficient (Wildman–Crippen LogP) is 4.89. The number of hydrogen-bond donors (Lipinski definition) is 0. The molecule has 0 aliphatic rings. The molecule has 8 heterocycles. The highest BCUT2D eigenvalue weighted by Crippen LogP contribution is 2.22. The zero-order valence-electron chi connectivity index (χ0n) is 26.2. The predicted molar refractivity (Wildman–Crippen MR) is 194 cm³/mol. The van der Waals surface area contributed by atoms with Crippen LogP contribution in [-0.2, 0) is 0 Å². The highest BCUT2D eigenvalue weighted by molar-refractivity contribution is 7.20. The van der Waals surface area contributed by atoms with Gasteiger partial charge >= 0.3 is 0 Å². The molecule has 0 spiro atoms. The molecule has 0 aliphatic heterocycles. The monoisotopic (exact) mass is 648 g/mol. The third kappa shape index (κ3) is 5.79. The van der Waals surface area contributed by atoms with Gasteiger partial charge in [0.05, 0.1) is 22.8 Å². The molecule has 0 unspecified atom stereocenters. The van der Waals surface area contributed by atoms with Crippen molar-refractivity contribution in [1.29, 1.82) is 0 Å². The van der Waals surface area contributed by atoms with Crippen LogP contribution in [0.4, 0.5) is 0 Å². The lowest BCUT2D eigenvalue weighted by atomic mass is 10.2. The van der Waals surface area contributed by atoms with Crippen LogP contribution in [0.2, 0.25) is 0 Å². The Kier molecular flexibility index (Phi) is 8.07. The Balaban J connectivity index is 1.47. The summed E-state index contributed by atoms with van der Waals surface area (Å²) in [5.41, 5.74) is 7.12. The maximum absolute atomic E-state index is 4.82. The molecule has 0 aromatic carbocycles. The van der Waals surface area contributed by atoms with Crippen LogP contribution in [0.3, 0.4) is 0 Å². The van der Waals surface area contributed by atoms with Crippen molar-refractivity contribution in [2.75, 3.05) is 0 Å². The van der Waals surface area contributed by atoms with Gasteiger partial charge in [0.1, 0.15) is 0 Å². The molecular formula is C40H28N8Si. The second kappa shape index (κ2) is 13.3. The second-order valence-corrected chi connectivity index (χ2v) is 15.2. The fraction of sp³-hybridized carbons (Fsp3) is 0. The average molecular weight is 649 g/mol. The topological polar surface area (TPSA) is 103 Å². The zero-order chi connectivity index (χ0) is 32.9. The molecule has 0 saturated heterocycles. The molecule has 0 fully saturated rings. The van der Waals surface area contributed by atoms with E-state index < -0.39 is 8.07 Å². The van der Waals surface area contributed by atoms with Crippen LogP contribution in [0.5, 0.6) is 0 Å². The van der Waals surface area contributed by atoms with Crippen LogP contribution in [0.1, 0.15) is 0 Å². The Labute approximate surface area is 284 Å². The first-order chi connectivity index (χ1) is 24.3. The summed E-state index contributed by atoms with van der Waals surface area (Å²) in [5.74, 6) is 0. The van der Waals surface area contributed by atoms with Crippen molar-refractivity contribution in [2.45, 2.75) is 0 Å². The Bertz CT molecular complexity index is 2000. The first-order valence-electron chi connectivity index (χ1n) is 15.8. The van der Waals surface area contributed by atoms with Gasteiger partial charge in [0.25, 0.3) is 0 Å². The molecular weight excluding hydrogens is 621 g/mol. The summed E-state index contributed by atoms with van der Waals surface area (Å²) in [7, 11) is -3.20. The minimum Gasteiger partial charge on any atom is -0.264 e.